The zero-order valence-corrected chi connectivity index (χ0v) is 21.4. The SMILES string of the molecule is COc1cc2nccc(Oc3ccc(CC(=O)C4(C(=O)Cc5ccc(F)cc5)CC4)cc3)c2c2c1OCCO2. The number of aromatic nitrogens is 1. The van der Waals surface area contributed by atoms with Crippen molar-refractivity contribution in [2.75, 3.05) is 20.3 Å². The Labute approximate surface area is 224 Å². The van der Waals surface area contributed by atoms with E-state index in [1.807, 2.05) is 12.1 Å². The smallest absolute Gasteiger partial charge is 0.204 e. The predicted octanol–water partition coefficient (Wildman–Crippen LogP) is 5.65. The van der Waals surface area contributed by atoms with E-state index in [1.165, 1.54) is 12.1 Å². The summed E-state index contributed by atoms with van der Waals surface area (Å²) >= 11 is 0. The summed E-state index contributed by atoms with van der Waals surface area (Å²) in [6, 6.07) is 16.6. The minimum Gasteiger partial charge on any atom is -0.493 e. The molecular weight excluding hydrogens is 501 g/mol. The summed E-state index contributed by atoms with van der Waals surface area (Å²) in [6.07, 6.45) is 3.06. The van der Waals surface area contributed by atoms with Gasteiger partial charge >= 0.3 is 0 Å². The largest absolute Gasteiger partial charge is 0.493 e. The van der Waals surface area contributed by atoms with Crippen LogP contribution in [0.1, 0.15) is 24.0 Å². The number of pyridine rings is 1. The number of nitrogens with zero attached hydrogens (tertiary/aromatic N) is 1. The van der Waals surface area contributed by atoms with Crippen LogP contribution in [0.3, 0.4) is 0 Å². The van der Waals surface area contributed by atoms with Crippen LogP contribution < -0.4 is 18.9 Å². The lowest BCUT2D eigenvalue weighted by Gasteiger charge is -2.23. The van der Waals surface area contributed by atoms with Crippen molar-refractivity contribution < 1.29 is 32.9 Å². The van der Waals surface area contributed by atoms with Gasteiger partial charge in [-0.2, -0.15) is 0 Å². The Morgan fingerprint density at radius 1 is 0.872 bits per heavy atom. The highest BCUT2D eigenvalue weighted by atomic mass is 19.1. The second-order valence-electron chi connectivity index (χ2n) is 9.79. The van der Waals surface area contributed by atoms with Gasteiger partial charge in [0, 0.05) is 25.1 Å². The first-order chi connectivity index (χ1) is 19.0. The van der Waals surface area contributed by atoms with Crippen LogP contribution in [0, 0.1) is 11.2 Å². The van der Waals surface area contributed by atoms with Crippen LogP contribution in [0.15, 0.2) is 66.9 Å². The van der Waals surface area contributed by atoms with Gasteiger partial charge < -0.3 is 18.9 Å². The van der Waals surface area contributed by atoms with Gasteiger partial charge in [0.1, 0.15) is 30.5 Å². The van der Waals surface area contributed by atoms with Crippen molar-refractivity contribution in [1.82, 2.24) is 4.98 Å². The zero-order valence-electron chi connectivity index (χ0n) is 21.4. The fourth-order valence-corrected chi connectivity index (χ4v) is 4.96. The van der Waals surface area contributed by atoms with Gasteiger partial charge in [-0.05, 0) is 54.3 Å². The van der Waals surface area contributed by atoms with Crippen LogP contribution in [0.4, 0.5) is 4.39 Å². The molecule has 0 saturated heterocycles. The Bertz CT molecular complexity index is 1560. The van der Waals surface area contributed by atoms with Crippen molar-refractivity contribution in [3.8, 4) is 28.7 Å². The number of hydrogen-bond acceptors (Lipinski definition) is 7. The minimum absolute atomic E-state index is 0.0823. The van der Waals surface area contributed by atoms with Crippen LogP contribution >= 0.6 is 0 Å². The monoisotopic (exact) mass is 527 g/mol. The summed E-state index contributed by atoms with van der Waals surface area (Å²) in [6.45, 7) is 0.824. The summed E-state index contributed by atoms with van der Waals surface area (Å²) in [5, 5.41) is 0.683. The number of carbonyl (C=O) groups is 2. The van der Waals surface area contributed by atoms with E-state index in [2.05, 4.69) is 4.98 Å². The summed E-state index contributed by atoms with van der Waals surface area (Å²) in [5.74, 6) is 2.18. The molecule has 198 valence electrons. The van der Waals surface area contributed by atoms with E-state index in [4.69, 9.17) is 18.9 Å². The summed E-state index contributed by atoms with van der Waals surface area (Å²) in [4.78, 5) is 30.5. The molecular formula is C31H26FNO6. The standard InChI is InChI=1S/C31H26FNO6/c1-36-25-18-23-28(30-29(25)37-14-15-38-30)24(10-13-33-23)39-22-8-4-20(5-9-22)17-27(35)31(11-12-31)26(34)16-19-2-6-21(32)7-3-19/h2-10,13,18H,11-12,14-17H2,1H3. The van der Waals surface area contributed by atoms with E-state index in [-0.39, 0.29) is 30.2 Å². The maximum Gasteiger partial charge on any atom is 0.204 e. The van der Waals surface area contributed by atoms with Gasteiger partial charge in [-0.15, -0.1) is 0 Å². The molecule has 1 aromatic heterocycles. The molecule has 0 atom stereocenters. The molecule has 8 heteroatoms. The normalized spacial score (nSPS) is 15.0. The van der Waals surface area contributed by atoms with Crippen LogP contribution in [0.5, 0.6) is 28.7 Å². The first-order valence-electron chi connectivity index (χ1n) is 12.8. The van der Waals surface area contributed by atoms with Gasteiger partial charge in [0.2, 0.25) is 5.75 Å². The predicted molar refractivity (Wildman–Crippen MR) is 141 cm³/mol. The maximum absolute atomic E-state index is 13.2. The fourth-order valence-electron chi connectivity index (χ4n) is 4.96. The molecule has 0 bridgehead atoms. The lowest BCUT2D eigenvalue weighted by Crippen LogP contribution is -2.28. The molecule has 0 amide bonds. The third-order valence-corrected chi connectivity index (χ3v) is 7.27. The van der Waals surface area contributed by atoms with Crippen LogP contribution in [-0.2, 0) is 22.4 Å². The Hall–Kier alpha value is -4.46. The second-order valence-corrected chi connectivity index (χ2v) is 9.79. The van der Waals surface area contributed by atoms with E-state index >= 15 is 0 Å². The number of halogens is 1. The third kappa shape index (κ3) is 4.78. The van der Waals surface area contributed by atoms with Gasteiger partial charge in [0.05, 0.1) is 23.4 Å². The Morgan fingerprint density at radius 2 is 1.49 bits per heavy atom. The number of methoxy groups -OCH3 is 1. The van der Waals surface area contributed by atoms with Crippen molar-refractivity contribution in [2.45, 2.75) is 25.7 Å². The summed E-state index contributed by atoms with van der Waals surface area (Å²) in [5.41, 5.74) is 1.23. The Kier molecular flexibility index (Phi) is 6.38. The van der Waals surface area contributed by atoms with E-state index in [9.17, 15) is 14.0 Å². The molecule has 0 unspecified atom stereocenters. The first-order valence-corrected chi connectivity index (χ1v) is 12.8. The number of benzene rings is 3. The first kappa shape index (κ1) is 24.9. The molecule has 2 aliphatic rings. The van der Waals surface area contributed by atoms with Crippen molar-refractivity contribution in [2.24, 2.45) is 5.41 Å². The van der Waals surface area contributed by atoms with Crippen LogP contribution in [0.25, 0.3) is 10.9 Å². The molecule has 0 N–H and O–H groups in total. The number of rotatable bonds is 9. The van der Waals surface area contributed by atoms with Crippen LogP contribution in [-0.4, -0.2) is 36.9 Å². The van der Waals surface area contributed by atoms with Gasteiger partial charge in [-0.1, -0.05) is 24.3 Å². The van der Waals surface area contributed by atoms with Crippen LogP contribution in [0.2, 0.25) is 0 Å². The summed E-state index contributed by atoms with van der Waals surface area (Å²) in [7, 11) is 1.57. The lowest BCUT2D eigenvalue weighted by molar-refractivity contribution is -0.133. The highest BCUT2D eigenvalue weighted by Crippen LogP contribution is 2.49. The number of carbonyl (C=O) groups excluding carboxylic acids is 2. The zero-order chi connectivity index (χ0) is 27.0. The number of hydrogen-bond donors (Lipinski definition) is 0. The molecule has 3 aromatic carbocycles. The highest BCUT2D eigenvalue weighted by molar-refractivity contribution is 6.11. The van der Waals surface area contributed by atoms with E-state index in [0.717, 1.165) is 5.56 Å². The lowest BCUT2D eigenvalue weighted by atomic mass is 9.88. The quantitative estimate of drug-likeness (QED) is 0.260. The Morgan fingerprint density at radius 3 is 2.10 bits per heavy atom. The van der Waals surface area contributed by atoms with Gasteiger partial charge in [-0.3, -0.25) is 14.6 Å². The molecule has 1 saturated carbocycles. The van der Waals surface area contributed by atoms with Gasteiger partial charge in [-0.25, -0.2) is 4.39 Å². The number of Topliss-reactive ketones (excluding diaryl/α,β-unsaturated/α-hetero) is 2. The van der Waals surface area contributed by atoms with Crippen molar-refractivity contribution in [3.05, 3.63) is 83.8 Å². The second kappa shape index (κ2) is 10.0. The fraction of sp³-hybridized carbons (Fsp3) is 0.258. The molecule has 6 rings (SSSR count). The minimum atomic E-state index is -0.929. The van der Waals surface area contributed by atoms with Crippen molar-refractivity contribution >= 4 is 22.5 Å². The van der Waals surface area contributed by atoms with E-state index in [1.54, 1.807) is 49.7 Å². The average molecular weight is 528 g/mol. The Balaban J connectivity index is 1.17. The number of ketones is 2. The highest BCUT2D eigenvalue weighted by Gasteiger charge is 2.54. The molecule has 0 radical (unpaired) electrons. The topological polar surface area (TPSA) is 84.0 Å². The van der Waals surface area contributed by atoms with Gasteiger partial charge in [0.15, 0.2) is 23.1 Å². The van der Waals surface area contributed by atoms with E-state index < -0.39 is 5.41 Å². The molecule has 39 heavy (non-hydrogen) atoms. The molecule has 0 spiro atoms. The number of fused-ring (bicyclic) bond motifs is 3. The number of ether oxygens (including phenoxy) is 4. The third-order valence-electron chi connectivity index (χ3n) is 7.27. The molecule has 4 aromatic rings. The maximum atomic E-state index is 13.2. The molecule has 1 aliphatic heterocycles. The van der Waals surface area contributed by atoms with Crippen molar-refractivity contribution in [1.29, 1.82) is 0 Å². The van der Waals surface area contributed by atoms with Crippen molar-refractivity contribution in [3.63, 3.8) is 0 Å². The molecule has 1 fully saturated rings. The molecule has 2 heterocycles. The van der Waals surface area contributed by atoms with E-state index in [0.29, 0.717) is 71.3 Å². The molecule has 1 aliphatic carbocycles. The van der Waals surface area contributed by atoms with Gasteiger partial charge in [0.25, 0.3) is 0 Å². The average Bonchev–Trinajstić information content (AvgIpc) is 3.77. The summed E-state index contributed by atoms with van der Waals surface area (Å²) < 4.78 is 36.6. The molecule has 7 nitrogen and oxygen atoms in total.